The Morgan fingerprint density at radius 3 is 2.53 bits per heavy atom. The molecule has 0 aliphatic rings. The Kier molecular flexibility index (Phi) is 4.05. The first-order chi connectivity index (χ1) is 8.99. The van der Waals surface area contributed by atoms with Crippen molar-refractivity contribution in [3.63, 3.8) is 0 Å². The van der Waals surface area contributed by atoms with E-state index in [1.807, 2.05) is 32.9 Å². The topological polar surface area (TPSA) is 35.0 Å². The van der Waals surface area contributed by atoms with Crippen LogP contribution < -0.4 is 4.74 Å². The lowest BCUT2D eigenvalue weighted by Gasteiger charge is -2.14. The van der Waals surface area contributed by atoms with Gasteiger partial charge in [0.25, 0.3) is 0 Å². The van der Waals surface area contributed by atoms with Gasteiger partial charge in [0, 0.05) is 0 Å². The van der Waals surface area contributed by atoms with E-state index in [-0.39, 0.29) is 5.92 Å². The number of aromatic nitrogens is 2. The minimum absolute atomic E-state index is 0.203. The predicted octanol–water partition coefficient (Wildman–Crippen LogP) is 4.66. The standard InChI is InChI=1S/C15H17ClN2O/c1-9(2)13-14(16)17-8-18-15(13)19-12-6-5-10(3)7-11(12)4/h5-9H,1-4H3. The van der Waals surface area contributed by atoms with Gasteiger partial charge in [-0.3, -0.25) is 0 Å². The van der Waals surface area contributed by atoms with Crippen LogP contribution in [0.3, 0.4) is 0 Å². The second-order valence-corrected chi connectivity index (χ2v) is 5.27. The van der Waals surface area contributed by atoms with Crippen LogP contribution in [0, 0.1) is 13.8 Å². The molecule has 1 aromatic carbocycles. The summed E-state index contributed by atoms with van der Waals surface area (Å²) in [4.78, 5) is 8.22. The van der Waals surface area contributed by atoms with Gasteiger partial charge in [-0.25, -0.2) is 9.97 Å². The van der Waals surface area contributed by atoms with Crippen LogP contribution in [0.2, 0.25) is 5.15 Å². The van der Waals surface area contributed by atoms with E-state index >= 15 is 0 Å². The van der Waals surface area contributed by atoms with Crippen LogP contribution in [-0.2, 0) is 0 Å². The molecule has 0 aliphatic heterocycles. The van der Waals surface area contributed by atoms with Crippen LogP contribution in [0.4, 0.5) is 0 Å². The molecule has 0 unspecified atom stereocenters. The van der Waals surface area contributed by atoms with E-state index in [0.717, 1.165) is 16.9 Å². The van der Waals surface area contributed by atoms with E-state index in [1.54, 1.807) is 0 Å². The molecule has 0 amide bonds. The lowest BCUT2D eigenvalue weighted by atomic mass is 10.1. The van der Waals surface area contributed by atoms with Gasteiger partial charge in [-0.05, 0) is 31.4 Å². The average Bonchev–Trinajstić information content (AvgIpc) is 2.32. The van der Waals surface area contributed by atoms with Gasteiger partial charge in [0.05, 0.1) is 5.56 Å². The second-order valence-electron chi connectivity index (χ2n) is 4.91. The molecule has 0 fully saturated rings. The van der Waals surface area contributed by atoms with Gasteiger partial charge < -0.3 is 4.74 Å². The molecule has 100 valence electrons. The number of rotatable bonds is 3. The average molecular weight is 277 g/mol. The smallest absolute Gasteiger partial charge is 0.227 e. The number of benzene rings is 1. The number of ether oxygens (including phenoxy) is 1. The van der Waals surface area contributed by atoms with Crippen molar-refractivity contribution in [3.05, 3.63) is 46.4 Å². The second kappa shape index (κ2) is 5.57. The van der Waals surface area contributed by atoms with Gasteiger partial charge in [0.15, 0.2) is 0 Å². The van der Waals surface area contributed by atoms with Crippen LogP contribution in [-0.4, -0.2) is 9.97 Å². The van der Waals surface area contributed by atoms with Crippen LogP contribution >= 0.6 is 11.6 Å². The minimum atomic E-state index is 0.203. The maximum absolute atomic E-state index is 6.12. The molecule has 19 heavy (non-hydrogen) atoms. The van der Waals surface area contributed by atoms with E-state index in [4.69, 9.17) is 16.3 Å². The monoisotopic (exact) mass is 276 g/mol. The van der Waals surface area contributed by atoms with Gasteiger partial charge in [-0.15, -0.1) is 0 Å². The Morgan fingerprint density at radius 2 is 1.89 bits per heavy atom. The van der Waals surface area contributed by atoms with Gasteiger partial charge in [-0.1, -0.05) is 43.1 Å². The first-order valence-electron chi connectivity index (χ1n) is 6.24. The number of halogens is 1. The zero-order valence-electron chi connectivity index (χ0n) is 11.6. The molecule has 0 saturated carbocycles. The lowest BCUT2D eigenvalue weighted by molar-refractivity contribution is 0.448. The third kappa shape index (κ3) is 3.04. The summed E-state index contributed by atoms with van der Waals surface area (Å²) in [5, 5.41) is 0.449. The number of aryl methyl sites for hydroxylation is 2. The van der Waals surface area contributed by atoms with Gasteiger partial charge in [-0.2, -0.15) is 0 Å². The molecule has 2 rings (SSSR count). The van der Waals surface area contributed by atoms with Crippen LogP contribution in [0.1, 0.15) is 36.5 Å². The van der Waals surface area contributed by atoms with Crippen LogP contribution in [0.15, 0.2) is 24.5 Å². The maximum Gasteiger partial charge on any atom is 0.227 e. The molecule has 0 aliphatic carbocycles. The molecule has 0 saturated heterocycles. The normalized spacial score (nSPS) is 10.8. The molecular formula is C15H17ClN2O. The first kappa shape index (κ1) is 13.8. The molecule has 1 aromatic heterocycles. The molecule has 4 heteroatoms. The molecule has 2 aromatic rings. The van der Waals surface area contributed by atoms with Crippen molar-refractivity contribution in [1.82, 2.24) is 9.97 Å². The summed E-state index contributed by atoms with van der Waals surface area (Å²) in [6.45, 7) is 8.15. The summed E-state index contributed by atoms with van der Waals surface area (Å²) in [6.07, 6.45) is 1.42. The van der Waals surface area contributed by atoms with E-state index in [9.17, 15) is 0 Å². The highest BCUT2D eigenvalue weighted by Crippen LogP contribution is 2.33. The van der Waals surface area contributed by atoms with Gasteiger partial charge in [0.2, 0.25) is 5.88 Å². The van der Waals surface area contributed by atoms with Crippen molar-refractivity contribution >= 4 is 11.6 Å². The lowest BCUT2D eigenvalue weighted by Crippen LogP contribution is -2.00. The highest BCUT2D eigenvalue weighted by molar-refractivity contribution is 6.30. The Balaban J connectivity index is 2.41. The van der Waals surface area contributed by atoms with Crippen molar-refractivity contribution in [2.45, 2.75) is 33.6 Å². The third-order valence-corrected chi connectivity index (χ3v) is 3.21. The van der Waals surface area contributed by atoms with Crippen molar-refractivity contribution in [2.75, 3.05) is 0 Å². The third-order valence-electron chi connectivity index (χ3n) is 2.91. The number of nitrogens with zero attached hydrogens (tertiary/aromatic N) is 2. The SMILES string of the molecule is Cc1ccc(Oc2ncnc(Cl)c2C(C)C)c(C)c1. The summed E-state index contributed by atoms with van der Waals surface area (Å²) in [6, 6.07) is 6.04. The molecule has 0 radical (unpaired) electrons. The molecule has 0 spiro atoms. The minimum Gasteiger partial charge on any atom is -0.438 e. The fraction of sp³-hybridized carbons (Fsp3) is 0.333. The van der Waals surface area contributed by atoms with E-state index in [2.05, 4.69) is 23.0 Å². The molecule has 0 bridgehead atoms. The Bertz CT molecular complexity index is 597. The Hall–Kier alpha value is -1.61. The summed E-state index contributed by atoms with van der Waals surface area (Å²) < 4.78 is 5.90. The summed E-state index contributed by atoms with van der Waals surface area (Å²) >= 11 is 6.12. The largest absolute Gasteiger partial charge is 0.438 e. The van der Waals surface area contributed by atoms with Gasteiger partial charge >= 0.3 is 0 Å². The van der Waals surface area contributed by atoms with Crippen molar-refractivity contribution in [1.29, 1.82) is 0 Å². The van der Waals surface area contributed by atoms with Crippen LogP contribution in [0.5, 0.6) is 11.6 Å². The van der Waals surface area contributed by atoms with E-state index in [0.29, 0.717) is 11.0 Å². The molecule has 0 atom stereocenters. The Morgan fingerprint density at radius 1 is 1.16 bits per heavy atom. The fourth-order valence-electron chi connectivity index (χ4n) is 1.94. The first-order valence-corrected chi connectivity index (χ1v) is 6.62. The Labute approximate surface area is 118 Å². The zero-order chi connectivity index (χ0) is 14.0. The van der Waals surface area contributed by atoms with Gasteiger partial charge in [0.1, 0.15) is 17.2 Å². The maximum atomic E-state index is 6.12. The highest BCUT2D eigenvalue weighted by atomic mass is 35.5. The molecule has 1 heterocycles. The van der Waals surface area contributed by atoms with Crippen molar-refractivity contribution in [2.24, 2.45) is 0 Å². The number of hydrogen-bond acceptors (Lipinski definition) is 3. The summed E-state index contributed by atoms with van der Waals surface area (Å²) in [5.74, 6) is 1.53. The fourth-order valence-corrected chi connectivity index (χ4v) is 2.29. The predicted molar refractivity (Wildman–Crippen MR) is 77.1 cm³/mol. The molecule has 3 nitrogen and oxygen atoms in total. The molecule has 0 N–H and O–H groups in total. The van der Waals surface area contributed by atoms with E-state index in [1.165, 1.54) is 11.9 Å². The number of hydrogen-bond donors (Lipinski definition) is 0. The zero-order valence-corrected chi connectivity index (χ0v) is 12.3. The van der Waals surface area contributed by atoms with Crippen molar-refractivity contribution in [3.8, 4) is 11.6 Å². The summed E-state index contributed by atoms with van der Waals surface area (Å²) in [5.41, 5.74) is 3.11. The van der Waals surface area contributed by atoms with Crippen LogP contribution in [0.25, 0.3) is 0 Å². The summed E-state index contributed by atoms with van der Waals surface area (Å²) in [7, 11) is 0. The quantitative estimate of drug-likeness (QED) is 0.765. The highest BCUT2D eigenvalue weighted by Gasteiger charge is 2.16. The van der Waals surface area contributed by atoms with Crippen molar-refractivity contribution < 1.29 is 4.74 Å². The molecular weight excluding hydrogens is 260 g/mol. The van der Waals surface area contributed by atoms with E-state index < -0.39 is 0 Å².